The number of hydrogen-bond donors (Lipinski definition) is 1. The monoisotopic (exact) mass is 266 g/mol. The van der Waals surface area contributed by atoms with Gasteiger partial charge < -0.3 is 5.32 Å². The van der Waals surface area contributed by atoms with Crippen LogP contribution in [-0.2, 0) is 7.05 Å². The fourth-order valence-electron chi connectivity index (χ4n) is 2.45. The quantitative estimate of drug-likeness (QED) is 0.789. The molecular formula is C16H18N4. The number of benzene rings is 1. The number of hydrogen-bond acceptors (Lipinski definition) is 3. The van der Waals surface area contributed by atoms with Crippen molar-refractivity contribution in [2.24, 2.45) is 7.05 Å². The molecule has 2 aromatic heterocycles. The highest BCUT2D eigenvalue weighted by molar-refractivity contribution is 5.79. The molecule has 102 valence electrons. The molecule has 0 fully saturated rings. The van der Waals surface area contributed by atoms with Crippen molar-refractivity contribution in [2.45, 2.75) is 13.0 Å². The van der Waals surface area contributed by atoms with Crippen LogP contribution >= 0.6 is 0 Å². The Labute approximate surface area is 118 Å². The molecule has 0 radical (unpaired) electrons. The molecule has 4 nitrogen and oxygen atoms in total. The zero-order valence-electron chi connectivity index (χ0n) is 11.7. The molecule has 0 saturated carbocycles. The SMILES string of the molecule is CCNC(c1ccc2cccnc2c1)c1ccn(C)n1. The molecule has 0 aliphatic heterocycles. The Bertz CT molecular complexity index is 717. The van der Waals surface area contributed by atoms with Gasteiger partial charge >= 0.3 is 0 Å². The average molecular weight is 266 g/mol. The molecule has 0 aliphatic carbocycles. The molecule has 1 atom stereocenters. The van der Waals surface area contributed by atoms with E-state index in [9.17, 15) is 0 Å². The van der Waals surface area contributed by atoms with Crippen LogP contribution < -0.4 is 5.32 Å². The minimum absolute atomic E-state index is 0.104. The van der Waals surface area contributed by atoms with Gasteiger partial charge in [0.2, 0.25) is 0 Å². The van der Waals surface area contributed by atoms with Gasteiger partial charge in [-0.25, -0.2) is 0 Å². The second-order valence-electron chi connectivity index (χ2n) is 4.86. The highest BCUT2D eigenvalue weighted by Crippen LogP contribution is 2.23. The smallest absolute Gasteiger partial charge is 0.0839 e. The van der Waals surface area contributed by atoms with Crippen molar-refractivity contribution in [1.29, 1.82) is 0 Å². The van der Waals surface area contributed by atoms with E-state index >= 15 is 0 Å². The van der Waals surface area contributed by atoms with Crippen LogP contribution in [0, 0.1) is 0 Å². The summed E-state index contributed by atoms with van der Waals surface area (Å²) in [5, 5.41) is 9.17. The van der Waals surface area contributed by atoms with Crippen LogP contribution in [0.5, 0.6) is 0 Å². The van der Waals surface area contributed by atoms with Crippen molar-refractivity contribution in [3.05, 3.63) is 60.0 Å². The van der Waals surface area contributed by atoms with Gasteiger partial charge in [0.1, 0.15) is 0 Å². The second-order valence-corrected chi connectivity index (χ2v) is 4.86. The number of nitrogens with zero attached hydrogens (tertiary/aromatic N) is 3. The van der Waals surface area contributed by atoms with Gasteiger partial charge in [0.15, 0.2) is 0 Å². The summed E-state index contributed by atoms with van der Waals surface area (Å²) >= 11 is 0. The second kappa shape index (κ2) is 5.43. The van der Waals surface area contributed by atoms with Crippen LogP contribution in [-0.4, -0.2) is 21.3 Å². The summed E-state index contributed by atoms with van der Waals surface area (Å²) in [7, 11) is 1.94. The molecule has 0 aliphatic rings. The molecule has 2 heterocycles. The molecule has 4 heteroatoms. The van der Waals surface area contributed by atoms with E-state index in [4.69, 9.17) is 0 Å². The Morgan fingerprint density at radius 2 is 2.15 bits per heavy atom. The number of nitrogens with one attached hydrogen (secondary N) is 1. The summed E-state index contributed by atoms with van der Waals surface area (Å²) in [5.74, 6) is 0. The van der Waals surface area contributed by atoms with Crippen molar-refractivity contribution < 1.29 is 0 Å². The van der Waals surface area contributed by atoms with Gasteiger partial charge in [0.25, 0.3) is 0 Å². The van der Waals surface area contributed by atoms with Crippen molar-refractivity contribution in [3.63, 3.8) is 0 Å². The van der Waals surface area contributed by atoms with E-state index in [1.807, 2.05) is 30.2 Å². The highest BCUT2D eigenvalue weighted by atomic mass is 15.3. The van der Waals surface area contributed by atoms with E-state index < -0.39 is 0 Å². The number of pyridine rings is 1. The Kier molecular flexibility index (Phi) is 3.48. The predicted molar refractivity (Wildman–Crippen MR) is 80.5 cm³/mol. The molecule has 1 unspecified atom stereocenters. The molecule has 0 amide bonds. The number of aryl methyl sites for hydroxylation is 1. The molecule has 0 spiro atoms. The summed E-state index contributed by atoms with van der Waals surface area (Å²) in [5.41, 5.74) is 3.24. The lowest BCUT2D eigenvalue weighted by Crippen LogP contribution is -2.22. The van der Waals surface area contributed by atoms with Crippen LogP contribution in [0.3, 0.4) is 0 Å². The van der Waals surface area contributed by atoms with E-state index in [1.54, 1.807) is 0 Å². The number of rotatable bonds is 4. The van der Waals surface area contributed by atoms with E-state index in [0.717, 1.165) is 23.1 Å². The maximum atomic E-state index is 4.52. The van der Waals surface area contributed by atoms with Crippen molar-refractivity contribution in [3.8, 4) is 0 Å². The van der Waals surface area contributed by atoms with Gasteiger partial charge in [-0.2, -0.15) is 5.10 Å². The molecule has 1 N–H and O–H groups in total. The minimum Gasteiger partial charge on any atom is -0.305 e. The summed E-state index contributed by atoms with van der Waals surface area (Å²) in [6.45, 7) is 3.00. The Hall–Kier alpha value is -2.20. The first kappa shape index (κ1) is 12.8. The molecule has 0 bridgehead atoms. The summed E-state index contributed by atoms with van der Waals surface area (Å²) in [6.07, 6.45) is 3.80. The first-order valence-electron chi connectivity index (χ1n) is 6.85. The van der Waals surface area contributed by atoms with Gasteiger partial charge in [-0.3, -0.25) is 9.67 Å². The number of aromatic nitrogens is 3. The molecule has 1 aromatic carbocycles. The van der Waals surface area contributed by atoms with Crippen molar-refractivity contribution in [2.75, 3.05) is 6.54 Å². The lowest BCUT2D eigenvalue weighted by atomic mass is 10.0. The van der Waals surface area contributed by atoms with Crippen LogP contribution in [0.2, 0.25) is 0 Å². The van der Waals surface area contributed by atoms with Gasteiger partial charge in [0, 0.05) is 24.8 Å². The maximum Gasteiger partial charge on any atom is 0.0839 e. The number of fused-ring (bicyclic) bond motifs is 1. The first-order chi connectivity index (χ1) is 9.78. The topological polar surface area (TPSA) is 42.7 Å². The van der Waals surface area contributed by atoms with Gasteiger partial charge in [0.05, 0.1) is 17.3 Å². The van der Waals surface area contributed by atoms with E-state index in [2.05, 4.69) is 52.7 Å². The summed E-state index contributed by atoms with van der Waals surface area (Å²) in [4.78, 5) is 4.43. The molecule has 20 heavy (non-hydrogen) atoms. The fourth-order valence-corrected chi connectivity index (χ4v) is 2.45. The van der Waals surface area contributed by atoms with E-state index in [1.165, 1.54) is 5.56 Å². The largest absolute Gasteiger partial charge is 0.305 e. The molecule has 3 rings (SSSR count). The summed E-state index contributed by atoms with van der Waals surface area (Å²) in [6, 6.07) is 12.6. The predicted octanol–water partition coefficient (Wildman–Crippen LogP) is 2.67. The Morgan fingerprint density at radius 3 is 2.90 bits per heavy atom. The third kappa shape index (κ3) is 2.42. The lowest BCUT2D eigenvalue weighted by molar-refractivity contribution is 0.600. The van der Waals surface area contributed by atoms with E-state index in [0.29, 0.717) is 0 Å². The lowest BCUT2D eigenvalue weighted by Gasteiger charge is -2.16. The zero-order valence-corrected chi connectivity index (χ0v) is 11.7. The van der Waals surface area contributed by atoms with Crippen LogP contribution in [0.4, 0.5) is 0 Å². The highest BCUT2D eigenvalue weighted by Gasteiger charge is 2.15. The standard InChI is InChI=1S/C16H18N4/c1-3-17-16(14-8-10-20(2)19-14)13-7-6-12-5-4-9-18-15(12)11-13/h4-11,16-17H,3H2,1-2H3. The fraction of sp³-hybridized carbons (Fsp3) is 0.250. The van der Waals surface area contributed by atoms with Gasteiger partial charge in [-0.05, 0) is 30.3 Å². The van der Waals surface area contributed by atoms with Crippen LogP contribution in [0.25, 0.3) is 10.9 Å². The van der Waals surface area contributed by atoms with E-state index in [-0.39, 0.29) is 6.04 Å². The normalized spacial score (nSPS) is 12.7. The summed E-state index contributed by atoms with van der Waals surface area (Å²) < 4.78 is 1.83. The third-order valence-electron chi connectivity index (χ3n) is 3.40. The molecular weight excluding hydrogens is 248 g/mol. The Morgan fingerprint density at radius 1 is 1.25 bits per heavy atom. The first-order valence-corrected chi connectivity index (χ1v) is 6.85. The Balaban J connectivity index is 2.04. The average Bonchev–Trinajstić information content (AvgIpc) is 2.90. The third-order valence-corrected chi connectivity index (χ3v) is 3.40. The van der Waals surface area contributed by atoms with Crippen molar-refractivity contribution >= 4 is 10.9 Å². The van der Waals surface area contributed by atoms with Gasteiger partial charge in [-0.1, -0.05) is 25.1 Å². The van der Waals surface area contributed by atoms with Crippen molar-refractivity contribution in [1.82, 2.24) is 20.1 Å². The minimum atomic E-state index is 0.104. The molecule has 0 saturated heterocycles. The zero-order chi connectivity index (χ0) is 13.9. The maximum absolute atomic E-state index is 4.52. The molecule has 3 aromatic rings. The van der Waals surface area contributed by atoms with Gasteiger partial charge in [-0.15, -0.1) is 0 Å². The van der Waals surface area contributed by atoms with Crippen LogP contribution in [0.15, 0.2) is 48.8 Å². The van der Waals surface area contributed by atoms with Crippen LogP contribution in [0.1, 0.15) is 24.2 Å².